The molecule has 1 atom stereocenters. The van der Waals surface area contributed by atoms with E-state index in [4.69, 9.17) is 14.2 Å². The van der Waals surface area contributed by atoms with Crippen LogP contribution < -0.4 is 0 Å². The second-order valence-corrected chi connectivity index (χ2v) is 20.2. The SMILES string of the molecule is CC/C=C\C/C=C\C/C=C\CCCCCCCC(=O)OCC(COC(=O)CCCCCCCC/C=C\C/C=C\C/C=C\CCCCC)OC(=O)CCCCCCCCCCCCCCCCCCCCC. The summed E-state index contributed by atoms with van der Waals surface area (Å²) in [5, 5.41) is 0. The van der Waals surface area contributed by atoms with Crippen molar-refractivity contribution in [2.24, 2.45) is 0 Å². The van der Waals surface area contributed by atoms with E-state index in [2.05, 4.69) is 93.7 Å². The summed E-state index contributed by atoms with van der Waals surface area (Å²) in [6, 6.07) is 0. The van der Waals surface area contributed by atoms with Crippen LogP contribution in [0, 0.1) is 0 Å². The second-order valence-electron chi connectivity index (χ2n) is 20.2. The Morgan fingerprint density at radius 2 is 0.549 bits per heavy atom. The smallest absolute Gasteiger partial charge is 0.306 e. The first-order chi connectivity index (χ1) is 35.0. The summed E-state index contributed by atoms with van der Waals surface area (Å²) in [5.74, 6) is -0.900. The van der Waals surface area contributed by atoms with Gasteiger partial charge in [-0.25, -0.2) is 0 Å². The van der Waals surface area contributed by atoms with Crippen LogP contribution in [0.2, 0.25) is 0 Å². The largest absolute Gasteiger partial charge is 0.462 e. The Hall–Kier alpha value is -3.15. The topological polar surface area (TPSA) is 78.9 Å². The zero-order valence-corrected chi connectivity index (χ0v) is 47.0. The lowest BCUT2D eigenvalue weighted by molar-refractivity contribution is -0.167. The maximum absolute atomic E-state index is 12.9. The lowest BCUT2D eigenvalue weighted by atomic mass is 10.0. The minimum Gasteiger partial charge on any atom is -0.462 e. The molecule has 0 saturated carbocycles. The van der Waals surface area contributed by atoms with E-state index in [0.717, 1.165) is 116 Å². The predicted molar refractivity (Wildman–Crippen MR) is 307 cm³/mol. The Kier molecular flexibility index (Phi) is 56.8. The van der Waals surface area contributed by atoms with Crippen LogP contribution in [0.25, 0.3) is 0 Å². The van der Waals surface area contributed by atoms with E-state index in [-0.39, 0.29) is 31.1 Å². The summed E-state index contributed by atoms with van der Waals surface area (Å²) >= 11 is 0. The first-order valence-electron chi connectivity index (χ1n) is 30.4. The first-order valence-corrected chi connectivity index (χ1v) is 30.4. The van der Waals surface area contributed by atoms with Crippen LogP contribution >= 0.6 is 0 Å². The molecule has 0 amide bonds. The van der Waals surface area contributed by atoms with Crippen LogP contribution in [0.5, 0.6) is 0 Å². The molecular weight excluding hydrogens is 877 g/mol. The Bertz CT molecular complexity index is 1320. The van der Waals surface area contributed by atoms with E-state index >= 15 is 0 Å². The predicted octanol–water partition coefficient (Wildman–Crippen LogP) is 20.5. The standard InChI is InChI=1S/C65H114O6/c1-4-7-10-13-16-19-22-25-28-30-32-34-37-40-43-46-49-52-55-58-64(67)70-61-62(60-69-63(66)57-54-51-48-45-42-39-36-27-24-21-18-15-12-9-6-3)71-65(68)59-56-53-50-47-44-41-38-35-33-31-29-26-23-20-17-14-11-8-5-2/h9,12,16,18-19,21,25,27-28,32,34,36,62H,4-8,10-11,13-15,17,20,22-24,26,29-31,33,35,37-61H2,1-3H3/b12-9-,19-16-,21-18-,28-25-,34-32-,36-27-. The van der Waals surface area contributed by atoms with Crippen molar-refractivity contribution in [2.45, 2.75) is 309 Å². The number of rotatable bonds is 55. The molecule has 0 fully saturated rings. The molecule has 0 aromatic carbocycles. The third-order valence-corrected chi connectivity index (χ3v) is 13.2. The Morgan fingerprint density at radius 1 is 0.296 bits per heavy atom. The molecule has 0 aliphatic rings. The van der Waals surface area contributed by atoms with E-state index in [1.54, 1.807) is 0 Å². The number of hydrogen-bond acceptors (Lipinski definition) is 6. The average molecular weight is 992 g/mol. The quantitative estimate of drug-likeness (QED) is 0.0261. The van der Waals surface area contributed by atoms with Gasteiger partial charge in [0.25, 0.3) is 0 Å². The van der Waals surface area contributed by atoms with E-state index < -0.39 is 6.10 Å². The second kappa shape index (κ2) is 59.4. The highest BCUT2D eigenvalue weighted by Gasteiger charge is 2.19. The van der Waals surface area contributed by atoms with Gasteiger partial charge in [0, 0.05) is 19.3 Å². The van der Waals surface area contributed by atoms with Crippen molar-refractivity contribution in [3.8, 4) is 0 Å². The molecule has 0 saturated heterocycles. The van der Waals surface area contributed by atoms with Gasteiger partial charge in [-0.15, -0.1) is 0 Å². The molecule has 0 aliphatic carbocycles. The molecule has 0 N–H and O–H groups in total. The van der Waals surface area contributed by atoms with Gasteiger partial charge >= 0.3 is 17.9 Å². The fourth-order valence-corrected chi connectivity index (χ4v) is 8.64. The molecule has 6 heteroatoms. The lowest BCUT2D eigenvalue weighted by Gasteiger charge is -2.18. The summed E-state index contributed by atoms with van der Waals surface area (Å²) in [4.78, 5) is 38.2. The zero-order chi connectivity index (χ0) is 51.4. The van der Waals surface area contributed by atoms with Gasteiger partial charge < -0.3 is 14.2 Å². The Morgan fingerprint density at radius 3 is 0.887 bits per heavy atom. The van der Waals surface area contributed by atoms with E-state index in [1.807, 2.05) is 0 Å². The number of unbranched alkanes of at least 4 members (excludes halogenated alkanes) is 32. The van der Waals surface area contributed by atoms with Crippen LogP contribution in [0.15, 0.2) is 72.9 Å². The van der Waals surface area contributed by atoms with Gasteiger partial charge in [0.2, 0.25) is 0 Å². The monoisotopic (exact) mass is 991 g/mol. The molecule has 0 rings (SSSR count). The van der Waals surface area contributed by atoms with Crippen molar-refractivity contribution < 1.29 is 28.6 Å². The molecule has 0 bridgehead atoms. The van der Waals surface area contributed by atoms with Crippen LogP contribution in [0.1, 0.15) is 303 Å². The van der Waals surface area contributed by atoms with Crippen LogP contribution in [-0.2, 0) is 28.6 Å². The molecule has 0 radical (unpaired) electrons. The van der Waals surface area contributed by atoms with E-state index in [0.29, 0.717) is 19.3 Å². The minimum absolute atomic E-state index is 0.0857. The maximum atomic E-state index is 12.9. The third kappa shape index (κ3) is 57.6. The Labute approximate surface area is 440 Å². The lowest BCUT2D eigenvalue weighted by Crippen LogP contribution is -2.30. The third-order valence-electron chi connectivity index (χ3n) is 13.2. The van der Waals surface area contributed by atoms with E-state index in [9.17, 15) is 14.4 Å². The maximum Gasteiger partial charge on any atom is 0.306 e. The Balaban J connectivity index is 4.39. The van der Waals surface area contributed by atoms with Crippen molar-refractivity contribution in [1.29, 1.82) is 0 Å². The van der Waals surface area contributed by atoms with Crippen molar-refractivity contribution in [2.75, 3.05) is 13.2 Å². The minimum atomic E-state index is -0.788. The highest BCUT2D eigenvalue weighted by atomic mass is 16.6. The molecule has 0 heterocycles. The average Bonchev–Trinajstić information content (AvgIpc) is 3.37. The molecule has 0 aliphatic heterocycles. The molecule has 71 heavy (non-hydrogen) atoms. The fourth-order valence-electron chi connectivity index (χ4n) is 8.64. The van der Waals surface area contributed by atoms with Crippen molar-refractivity contribution in [3.63, 3.8) is 0 Å². The highest BCUT2D eigenvalue weighted by molar-refractivity contribution is 5.71. The molecule has 0 aromatic heterocycles. The number of hydrogen-bond donors (Lipinski definition) is 0. The number of carbonyl (C=O) groups excluding carboxylic acids is 3. The van der Waals surface area contributed by atoms with Gasteiger partial charge in [0.1, 0.15) is 13.2 Å². The number of ether oxygens (including phenoxy) is 3. The van der Waals surface area contributed by atoms with Crippen molar-refractivity contribution >= 4 is 17.9 Å². The number of carbonyl (C=O) groups is 3. The molecule has 0 aromatic rings. The number of esters is 3. The highest BCUT2D eigenvalue weighted by Crippen LogP contribution is 2.16. The molecule has 0 spiro atoms. The summed E-state index contributed by atoms with van der Waals surface area (Å²) < 4.78 is 16.9. The van der Waals surface area contributed by atoms with Crippen LogP contribution in [0.3, 0.4) is 0 Å². The van der Waals surface area contributed by atoms with Crippen LogP contribution in [0.4, 0.5) is 0 Å². The van der Waals surface area contributed by atoms with Crippen molar-refractivity contribution in [1.82, 2.24) is 0 Å². The summed E-state index contributed by atoms with van der Waals surface area (Å²) in [6.07, 6.45) is 76.1. The normalized spacial score (nSPS) is 12.5. The summed E-state index contributed by atoms with van der Waals surface area (Å²) in [5.41, 5.74) is 0. The van der Waals surface area contributed by atoms with Gasteiger partial charge in [0.05, 0.1) is 0 Å². The van der Waals surface area contributed by atoms with E-state index in [1.165, 1.54) is 148 Å². The van der Waals surface area contributed by atoms with Gasteiger partial charge in [-0.1, -0.05) is 267 Å². The number of allylic oxidation sites excluding steroid dienone is 12. The fraction of sp³-hybridized carbons (Fsp3) is 0.769. The molecule has 6 nitrogen and oxygen atoms in total. The first kappa shape index (κ1) is 67.8. The summed E-state index contributed by atoms with van der Waals surface area (Å²) in [6.45, 7) is 6.51. The van der Waals surface area contributed by atoms with Gasteiger partial charge in [-0.3, -0.25) is 14.4 Å². The van der Waals surface area contributed by atoms with Gasteiger partial charge in [-0.05, 0) is 89.9 Å². The van der Waals surface area contributed by atoms with Crippen LogP contribution in [-0.4, -0.2) is 37.2 Å². The molecule has 1 unspecified atom stereocenters. The molecular formula is C65H114O6. The van der Waals surface area contributed by atoms with Gasteiger partial charge in [-0.2, -0.15) is 0 Å². The summed E-state index contributed by atoms with van der Waals surface area (Å²) in [7, 11) is 0. The zero-order valence-electron chi connectivity index (χ0n) is 47.0. The molecule has 410 valence electrons. The van der Waals surface area contributed by atoms with Crippen molar-refractivity contribution in [3.05, 3.63) is 72.9 Å². The van der Waals surface area contributed by atoms with Gasteiger partial charge in [0.15, 0.2) is 6.10 Å².